The van der Waals surface area contributed by atoms with E-state index in [4.69, 9.17) is 0 Å². The number of rotatable bonds is 4. The van der Waals surface area contributed by atoms with Crippen LogP contribution in [0.2, 0.25) is 0 Å². The van der Waals surface area contributed by atoms with Crippen molar-refractivity contribution >= 4 is 31.1 Å². The Labute approximate surface area is 99.0 Å². The summed E-state index contributed by atoms with van der Waals surface area (Å²) >= 11 is 0. The number of hydrogen-bond donors (Lipinski definition) is 1. The fourth-order valence-corrected chi connectivity index (χ4v) is 8.62. The molecule has 1 atom stereocenters. The highest BCUT2D eigenvalue weighted by Crippen LogP contribution is 2.81. The van der Waals surface area contributed by atoms with Crippen LogP contribution in [0.3, 0.4) is 0 Å². The molecule has 0 aromatic carbocycles. The molecule has 0 aliphatic carbocycles. The lowest BCUT2D eigenvalue weighted by atomic mass is 11.8. The summed E-state index contributed by atoms with van der Waals surface area (Å²) in [6, 6.07) is 0. The maximum Gasteiger partial charge on any atom is 0.424 e. The van der Waals surface area contributed by atoms with Gasteiger partial charge in [-0.2, -0.15) is 4.20 Å². The van der Waals surface area contributed by atoms with Crippen molar-refractivity contribution < 1.29 is 34.6 Å². The van der Waals surface area contributed by atoms with Crippen molar-refractivity contribution in [2.75, 3.05) is 14.2 Å². The molecule has 18 heavy (non-hydrogen) atoms. The van der Waals surface area contributed by atoms with Crippen molar-refractivity contribution in [3.63, 3.8) is 0 Å². The Morgan fingerprint density at radius 1 is 0.944 bits per heavy atom. The van der Waals surface area contributed by atoms with Crippen LogP contribution in [0.5, 0.6) is 0 Å². The molecule has 0 bridgehead atoms. The monoisotopic (exact) mass is 354 g/mol. The SMILES string of the molecule is COP(=O)(NP1(F)=NP(F)(F)=NP(F)(F)=N1)OC. The van der Waals surface area contributed by atoms with Gasteiger partial charge in [0.15, 0.2) is 0 Å². The molecule has 0 aromatic rings. The van der Waals surface area contributed by atoms with E-state index >= 15 is 0 Å². The second-order valence-electron chi connectivity index (χ2n) is 2.67. The summed E-state index contributed by atoms with van der Waals surface area (Å²) in [6.07, 6.45) is 0. The number of hydrogen-bond acceptors (Lipinski definition) is 6. The fraction of sp³-hybridized carbons (Fsp3) is 1.00. The van der Waals surface area contributed by atoms with Crippen molar-refractivity contribution in [1.29, 1.82) is 0 Å². The molecule has 1 heterocycles. The molecule has 1 rings (SSSR count). The first-order chi connectivity index (χ1) is 7.95. The predicted octanol–water partition coefficient (Wildman–Crippen LogP) is 5.68. The Morgan fingerprint density at radius 2 is 1.39 bits per heavy atom. The molecule has 1 unspecified atom stereocenters. The lowest BCUT2D eigenvalue weighted by molar-refractivity contribution is 0.272. The molecule has 7 nitrogen and oxygen atoms in total. The molecular formula is C2H7F5N4O3P4. The van der Waals surface area contributed by atoms with Gasteiger partial charge in [-0.05, 0) is 0 Å². The van der Waals surface area contributed by atoms with E-state index in [-0.39, 0.29) is 0 Å². The third kappa shape index (κ3) is 4.23. The first-order valence-corrected chi connectivity index (χ1v) is 9.94. The first-order valence-electron chi connectivity index (χ1n) is 3.86. The molecule has 0 spiro atoms. The Bertz CT molecular complexity index is 533. The van der Waals surface area contributed by atoms with Gasteiger partial charge in [0.1, 0.15) is 0 Å². The largest absolute Gasteiger partial charge is 0.424 e. The average molecular weight is 354 g/mol. The summed E-state index contributed by atoms with van der Waals surface area (Å²) in [5, 5.41) is 0. The Morgan fingerprint density at radius 3 is 1.78 bits per heavy atom. The quantitative estimate of drug-likeness (QED) is 0.520. The summed E-state index contributed by atoms with van der Waals surface area (Å²) in [5.41, 5.74) is 0. The van der Waals surface area contributed by atoms with Crippen LogP contribution in [0.25, 0.3) is 0 Å². The molecule has 1 aliphatic heterocycles. The van der Waals surface area contributed by atoms with E-state index in [0.717, 1.165) is 14.2 Å². The second-order valence-corrected chi connectivity index (χ2v) is 10.2. The van der Waals surface area contributed by atoms with E-state index < -0.39 is 31.1 Å². The maximum absolute atomic E-state index is 13.8. The van der Waals surface area contributed by atoms with Gasteiger partial charge in [0.2, 0.25) is 0 Å². The van der Waals surface area contributed by atoms with Gasteiger partial charge < -0.3 is 0 Å². The first kappa shape index (κ1) is 16.5. The van der Waals surface area contributed by atoms with Gasteiger partial charge >= 0.3 is 31.1 Å². The van der Waals surface area contributed by atoms with Crippen LogP contribution in [0.1, 0.15) is 0 Å². The van der Waals surface area contributed by atoms with Crippen LogP contribution in [0.4, 0.5) is 21.0 Å². The van der Waals surface area contributed by atoms with E-state index in [1.807, 2.05) is 4.52 Å². The molecule has 1 N–H and O–H groups in total. The normalized spacial score (nSPS) is 29.9. The van der Waals surface area contributed by atoms with E-state index in [1.54, 1.807) is 0 Å². The zero-order valence-corrected chi connectivity index (χ0v) is 12.3. The summed E-state index contributed by atoms with van der Waals surface area (Å²) in [5.74, 6) is 0. The summed E-state index contributed by atoms with van der Waals surface area (Å²) in [7, 11) is -19.7. The van der Waals surface area contributed by atoms with Gasteiger partial charge in [-0.1, -0.05) is 0 Å². The molecule has 108 valence electrons. The van der Waals surface area contributed by atoms with Crippen LogP contribution in [0.15, 0.2) is 13.5 Å². The van der Waals surface area contributed by atoms with Gasteiger partial charge in [0.05, 0.1) is 0 Å². The second kappa shape index (κ2) is 5.09. The van der Waals surface area contributed by atoms with Crippen molar-refractivity contribution in [1.82, 2.24) is 4.86 Å². The molecule has 1 aliphatic rings. The minimum atomic E-state index is -5.85. The summed E-state index contributed by atoms with van der Waals surface area (Å²) in [6.45, 7) is 0. The molecular weight excluding hydrogens is 347 g/mol. The third-order valence-corrected chi connectivity index (χ3v) is 9.70. The van der Waals surface area contributed by atoms with Crippen LogP contribution >= 0.6 is 31.1 Å². The van der Waals surface area contributed by atoms with Gasteiger partial charge in [-0.3, -0.25) is 9.05 Å². The van der Waals surface area contributed by atoms with Gasteiger partial charge in [-0.25, -0.2) is 4.57 Å². The average Bonchev–Trinajstić information content (AvgIpc) is 2.10. The number of nitrogens with zero attached hydrogens (tertiary/aromatic N) is 3. The molecule has 0 radical (unpaired) electrons. The van der Waals surface area contributed by atoms with Crippen molar-refractivity contribution in [3.8, 4) is 0 Å². The molecule has 0 fully saturated rings. The molecule has 0 saturated carbocycles. The zero-order valence-electron chi connectivity index (χ0n) is 8.75. The van der Waals surface area contributed by atoms with Gasteiger partial charge in [0.25, 0.3) is 0 Å². The Balaban J connectivity index is 3.33. The highest BCUT2D eigenvalue weighted by molar-refractivity contribution is 7.82. The smallest absolute Gasteiger partial charge is 0.300 e. The standard InChI is InChI=1S/C2H7F5N4O3P4/c1-13-18(12,14-2)11-17(7)9-15(3,4)8-16(5,6)10-17/h1-2H3,(H,11,12). The van der Waals surface area contributed by atoms with Crippen LogP contribution < -0.4 is 4.86 Å². The predicted molar refractivity (Wildman–Crippen MR) is 58.3 cm³/mol. The minimum absolute atomic E-state index is 0.804. The molecule has 0 saturated heterocycles. The van der Waals surface area contributed by atoms with Crippen LogP contribution in [-0.4, -0.2) is 14.2 Å². The van der Waals surface area contributed by atoms with Gasteiger partial charge in [-0.15, -0.1) is 35.2 Å². The molecule has 0 aromatic heterocycles. The maximum atomic E-state index is 13.8. The topological polar surface area (TPSA) is 84.6 Å². The van der Waals surface area contributed by atoms with E-state index in [2.05, 4.69) is 18.1 Å². The minimum Gasteiger partial charge on any atom is -0.300 e. The van der Waals surface area contributed by atoms with E-state index in [1.165, 1.54) is 4.86 Å². The van der Waals surface area contributed by atoms with Crippen molar-refractivity contribution in [2.24, 2.45) is 13.5 Å². The fourth-order valence-electron chi connectivity index (χ4n) is 0.820. The van der Waals surface area contributed by atoms with Gasteiger partial charge in [0, 0.05) is 14.2 Å². The van der Waals surface area contributed by atoms with Crippen molar-refractivity contribution in [3.05, 3.63) is 0 Å². The highest BCUT2D eigenvalue weighted by Gasteiger charge is 2.43. The number of halogens is 5. The van der Waals surface area contributed by atoms with Crippen LogP contribution in [-0.2, 0) is 13.6 Å². The zero-order chi connectivity index (χ0) is 14.2. The lowest BCUT2D eigenvalue weighted by Gasteiger charge is -2.21. The lowest BCUT2D eigenvalue weighted by Crippen LogP contribution is -2.07. The Kier molecular flexibility index (Phi) is 4.67. The third-order valence-electron chi connectivity index (χ3n) is 1.40. The summed E-state index contributed by atoms with van der Waals surface area (Å²) < 4.78 is 91.2. The van der Waals surface area contributed by atoms with E-state index in [0.29, 0.717) is 0 Å². The van der Waals surface area contributed by atoms with Crippen molar-refractivity contribution in [2.45, 2.75) is 0 Å². The van der Waals surface area contributed by atoms with Crippen LogP contribution in [0, 0.1) is 0 Å². The Hall–Kier alpha value is 0.450. The summed E-state index contributed by atoms with van der Waals surface area (Å²) in [4.78, 5) is 1.28. The van der Waals surface area contributed by atoms with E-state index in [9.17, 15) is 25.5 Å². The molecule has 16 heteroatoms. The molecule has 0 amide bonds. The highest BCUT2D eigenvalue weighted by atomic mass is 31.3. The number of nitrogens with one attached hydrogen (secondary N) is 1.